The molecular formula is C26H42N4O5S. The lowest BCUT2D eigenvalue weighted by Crippen LogP contribution is -2.51. The highest BCUT2D eigenvalue weighted by Crippen LogP contribution is 2.32. The highest BCUT2D eigenvalue weighted by atomic mass is 32.2. The van der Waals surface area contributed by atoms with E-state index in [0.29, 0.717) is 28.3 Å². The van der Waals surface area contributed by atoms with Crippen molar-refractivity contribution in [3.05, 3.63) is 23.3 Å². The van der Waals surface area contributed by atoms with Gasteiger partial charge in [0.1, 0.15) is 12.4 Å². The van der Waals surface area contributed by atoms with Gasteiger partial charge < -0.3 is 19.3 Å². The Labute approximate surface area is 216 Å². The Hall–Kier alpha value is -1.72. The van der Waals surface area contributed by atoms with Crippen molar-refractivity contribution < 1.29 is 22.7 Å². The van der Waals surface area contributed by atoms with E-state index in [1.807, 2.05) is 4.90 Å². The Kier molecular flexibility index (Phi) is 9.27. The highest BCUT2D eigenvalue weighted by molar-refractivity contribution is 7.89. The molecule has 1 aromatic carbocycles. The van der Waals surface area contributed by atoms with E-state index >= 15 is 0 Å². The van der Waals surface area contributed by atoms with Crippen molar-refractivity contribution in [2.45, 2.75) is 50.5 Å². The van der Waals surface area contributed by atoms with Crippen molar-refractivity contribution in [3.8, 4) is 5.75 Å². The minimum atomic E-state index is -3.67. The fourth-order valence-electron chi connectivity index (χ4n) is 5.73. The molecule has 4 rings (SSSR count). The molecule has 0 N–H and O–H groups in total. The van der Waals surface area contributed by atoms with Crippen molar-refractivity contribution >= 4 is 15.9 Å². The summed E-state index contributed by atoms with van der Waals surface area (Å²) in [6.45, 7) is 12.2. The van der Waals surface area contributed by atoms with Crippen molar-refractivity contribution in [1.82, 2.24) is 19.0 Å². The number of sulfonamides is 1. The largest absolute Gasteiger partial charge is 0.497 e. The molecule has 1 aromatic rings. The number of amides is 1. The number of hydrogen-bond acceptors (Lipinski definition) is 7. The van der Waals surface area contributed by atoms with Gasteiger partial charge in [-0.05, 0) is 75.9 Å². The molecule has 3 aliphatic heterocycles. The first kappa shape index (κ1) is 27.3. The summed E-state index contributed by atoms with van der Waals surface area (Å²) in [5, 5.41) is 0. The van der Waals surface area contributed by atoms with Gasteiger partial charge in [-0.15, -0.1) is 0 Å². The number of nitrogens with zero attached hydrogens (tertiary/aromatic N) is 4. The number of likely N-dealkylation sites (tertiary alicyclic amines) is 1. The Morgan fingerprint density at radius 1 is 0.917 bits per heavy atom. The van der Waals surface area contributed by atoms with Crippen LogP contribution in [0.15, 0.2) is 17.0 Å². The summed E-state index contributed by atoms with van der Waals surface area (Å²) in [6, 6.07) is 3.25. The number of methoxy groups -OCH3 is 1. The minimum Gasteiger partial charge on any atom is -0.497 e. The normalized spacial score (nSPS) is 22.4. The summed E-state index contributed by atoms with van der Waals surface area (Å²) in [7, 11) is -2.09. The van der Waals surface area contributed by atoms with Crippen molar-refractivity contribution in [2.24, 2.45) is 0 Å². The maximum Gasteiger partial charge on any atom is 0.248 e. The molecule has 1 atom stereocenters. The summed E-state index contributed by atoms with van der Waals surface area (Å²) in [5.41, 5.74) is 1.35. The molecule has 36 heavy (non-hydrogen) atoms. The molecule has 0 saturated carbocycles. The van der Waals surface area contributed by atoms with Gasteiger partial charge in [0.15, 0.2) is 0 Å². The summed E-state index contributed by atoms with van der Waals surface area (Å²) in [6.07, 6.45) is 4.15. The molecule has 9 nitrogen and oxygen atoms in total. The van der Waals surface area contributed by atoms with Crippen LogP contribution in [0.5, 0.6) is 5.75 Å². The zero-order valence-electron chi connectivity index (χ0n) is 22.1. The average Bonchev–Trinajstić information content (AvgIpc) is 3.55. The van der Waals surface area contributed by atoms with Crippen LogP contribution in [0.3, 0.4) is 0 Å². The lowest BCUT2D eigenvalue weighted by atomic mass is 10.1. The topological polar surface area (TPSA) is 82.6 Å². The van der Waals surface area contributed by atoms with Crippen LogP contribution in [0.4, 0.5) is 0 Å². The van der Waals surface area contributed by atoms with E-state index in [1.165, 1.54) is 25.9 Å². The van der Waals surface area contributed by atoms with Crippen molar-refractivity contribution in [2.75, 3.05) is 79.2 Å². The second-order valence-corrected chi connectivity index (χ2v) is 12.1. The molecular weight excluding hydrogens is 480 g/mol. The fourth-order valence-corrected chi connectivity index (χ4v) is 7.82. The van der Waals surface area contributed by atoms with E-state index in [4.69, 9.17) is 9.47 Å². The lowest BCUT2D eigenvalue weighted by Gasteiger charge is -2.35. The monoisotopic (exact) mass is 522 g/mol. The molecule has 0 radical (unpaired) electrons. The smallest absolute Gasteiger partial charge is 0.248 e. The summed E-state index contributed by atoms with van der Waals surface area (Å²) < 4.78 is 39.7. The Bertz CT molecular complexity index is 981. The van der Waals surface area contributed by atoms with Gasteiger partial charge in [-0.25, -0.2) is 8.42 Å². The number of rotatable bonds is 10. The average molecular weight is 523 g/mol. The SMILES string of the molecule is COc1cc(C)c(S(=O)(=O)N2CCC[C@H]2COCC(=O)N2CCN(CCN3CCCC3)CC2)c(C)c1. The predicted molar refractivity (Wildman–Crippen MR) is 139 cm³/mol. The summed E-state index contributed by atoms with van der Waals surface area (Å²) in [4.78, 5) is 19.9. The zero-order valence-corrected chi connectivity index (χ0v) is 22.9. The molecule has 0 aliphatic carbocycles. The third-order valence-electron chi connectivity index (χ3n) is 7.75. The first-order valence-electron chi connectivity index (χ1n) is 13.3. The van der Waals surface area contributed by atoms with Gasteiger partial charge in [0, 0.05) is 51.9 Å². The van der Waals surface area contributed by atoms with E-state index in [-0.39, 0.29) is 25.2 Å². The maximum atomic E-state index is 13.5. The van der Waals surface area contributed by atoms with E-state index in [1.54, 1.807) is 37.4 Å². The minimum absolute atomic E-state index is 0.00123. The number of hydrogen-bond donors (Lipinski definition) is 0. The molecule has 202 valence electrons. The van der Waals surface area contributed by atoms with E-state index in [0.717, 1.165) is 52.1 Å². The summed E-state index contributed by atoms with van der Waals surface area (Å²) in [5.74, 6) is 0.639. The molecule has 3 fully saturated rings. The van der Waals surface area contributed by atoms with Gasteiger partial charge in [-0.2, -0.15) is 4.31 Å². The number of carbonyl (C=O) groups excluding carboxylic acids is 1. The van der Waals surface area contributed by atoms with E-state index in [9.17, 15) is 13.2 Å². The number of piperazine rings is 1. The van der Waals surface area contributed by atoms with Gasteiger partial charge >= 0.3 is 0 Å². The number of aryl methyl sites for hydroxylation is 2. The molecule has 3 heterocycles. The molecule has 1 amide bonds. The van der Waals surface area contributed by atoms with Crippen molar-refractivity contribution in [3.63, 3.8) is 0 Å². The Morgan fingerprint density at radius 2 is 1.53 bits per heavy atom. The quantitative estimate of drug-likeness (QED) is 0.463. The van der Waals surface area contributed by atoms with Crippen LogP contribution in [0, 0.1) is 13.8 Å². The molecule has 3 saturated heterocycles. The van der Waals surface area contributed by atoms with Crippen LogP contribution >= 0.6 is 0 Å². The third-order valence-corrected chi connectivity index (χ3v) is 10.0. The van der Waals surface area contributed by atoms with E-state index < -0.39 is 10.0 Å². The molecule has 0 spiro atoms. The Morgan fingerprint density at radius 3 is 2.14 bits per heavy atom. The number of carbonyl (C=O) groups is 1. The predicted octanol–water partition coefficient (Wildman–Crippen LogP) is 1.72. The molecule has 3 aliphatic rings. The van der Waals surface area contributed by atoms with Gasteiger partial charge in [0.2, 0.25) is 15.9 Å². The maximum absolute atomic E-state index is 13.5. The van der Waals surface area contributed by atoms with Gasteiger partial charge in [0.05, 0.1) is 18.6 Å². The van der Waals surface area contributed by atoms with Crippen LogP contribution < -0.4 is 4.74 Å². The molecule has 0 aromatic heterocycles. The fraction of sp³-hybridized carbons (Fsp3) is 0.731. The van der Waals surface area contributed by atoms with Crippen LogP contribution in [-0.4, -0.2) is 119 Å². The van der Waals surface area contributed by atoms with Gasteiger partial charge in [-0.1, -0.05) is 0 Å². The van der Waals surface area contributed by atoms with E-state index in [2.05, 4.69) is 9.80 Å². The molecule has 0 bridgehead atoms. The standard InChI is InChI=1S/C26H42N4O5S/c1-21-17-24(34-3)18-22(2)26(21)36(32,33)30-10-6-7-23(30)19-35-20-25(31)29-15-13-28(14-16-29)12-11-27-8-4-5-9-27/h17-18,23H,4-16,19-20H2,1-3H3/t23-/m0/s1. The lowest BCUT2D eigenvalue weighted by molar-refractivity contribution is -0.138. The first-order valence-corrected chi connectivity index (χ1v) is 14.7. The first-order chi connectivity index (χ1) is 17.3. The number of ether oxygens (including phenoxy) is 2. The third kappa shape index (κ3) is 6.39. The van der Waals surface area contributed by atoms with Crippen LogP contribution in [0.2, 0.25) is 0 Å². The number of benzene rings is 1. The Balaban J connectivity index is 1.24. The van der Waals surface area contributed by atoms with Gasteiger partial charge in [-0.3, -0.25) is 9.69 Å². The molecule has 10 heteroatoms. The van der Waals surface area contributed by atoms with Gasteiger partial charge in [0.25, 0.3) is 0 Å². The highest BCUT2D eigenvalue weighted by Gasteiger charge is 2.37. The second kappa shape index (κ2) is 12.2. The summed E-state index contributed by atoms with van der Waals surface area (Å²) >= 11 is 0. The van der Waals surface area contributed by atoms with Crippen LogP contribution in [0.1, 0.15) is 36.8 Å². The zero-order chi connectivity index (χ0) is 25.7. The van der Waals surface area contributed by atoms with Crippen LogP contribution in [0.25, 0.3) is 0 Å². The molecule has 0 unspecified atom stereocenters. The second-order valence-electron chi connectivity index (χ2n) is 10.3. The van der Waals surface area contributed by atoms with Crippen LogP contribution in [-0.2, 0) is 19.6 Å². The van der Waals surface area contributed by atoms with Crippen molar-refractivity contribution in [1.29, 1.82) is 0 Å².